The van der Waals surface area contributed by atoms with Crippen LogP contribution in [0.3, 0.4) is 0 Å². The van der Waals surface area contributed by atoms with E-state index in [0.717, 1.165) is 23.2 Å². The van der Waals surface area contributed by atoms with Crippen molar-refractivity contribution in [3.8, 4) is 0 Å². The minimum Gasteiger partial charge on any atom is -0.357 e. The van der Waals surface area contributed by atoms with E-state index < -0.39 is 0 Å². The van der Waals surface area contributed by atoms with Crippen molar-refractivity contribution >= 4 is 28.9 Å². The fourth-order valence-electron chi connectivity index (χ4n) is 2.87. The maximum absolute atomic E-state index is 11.9. The molecule has 0 saturated heterocycles. The Balaban J connectivity index is 1.66. The van der Waals surface area contributed by atoms with E-state index in [1.165, 1.54) is 10.4 Å². The zero-order valence-corrected chi connectivity index (χ0v) is 15.3. The molecule has 1 aromatic heterocycles. The summed E-state index contributed by atoms with van der Waals surface area (Å²) >= 11 is 1.66. The second-order valence-electron chi connectivity index (χ2n) is 5.98. The Hall–Kier alpha value is -2.41. The molecule has 1 amide bonds. The van der Waals surface area contributed by atoms with E-state index >= 15 is 0 Å². The van der Waals surface area contributed by atoms with Crippen LogP contribution in [0, 0.1) is 6.92 Å². The molecule has 1 aliphatic heterocycles. The number of para-hydroxylation sites is 1. The number of carbonyl (C=O) groups excluding carboxylic acids is 1. The molecule has 1 aromatic carbocycles. The molecule has 0 spiro atoms. The molecule has 2 aromatic rings. The highest BCUT2D eigenvalue weighted by atomic mass is 32.1. The SMILES string of the molecule is CCNC(=NCc1ncc(C)s1)NCC1CC(=O)Nc2ccccc21. The minimum atomic E-state index is 0.0608. The van der Waals surface area contributed by atoms with Crippen LogP contribution < -0.4 is 16.0 Å². The van der Waals surface area contributed by atoms with E-state index in [0.29, 0.717) is 19.5 Å². The Kier molecular flexibility index (Phi) is 5.65. The Morgan fingerprint density at radius 2 is 2.24 bits per heavy atom. The minimum absolute atomic E-state index is 0.0608. The number of nitrogens with one attached hydrogen (secondary N) is 3. The number of hydrogen-bond acceptors (Lipinski definition) is 4. The standard InChI is InChI=1S/C18H23N5OS/c1-3-19-18(22-11-17-20-9-12(2)25-17)21-10-13-8-16(24)23-15-7-5-4-6-14(13)15/h4-7,9,13H,3,8,10-11H2,1-2H3,(H,23,24)(H2,19,21,22). The number of rotatable bonds is 5. The maximum atomic E-state index is 11.9. The van der Waals surface area contributed by atoms with Gasteiger partial charge in [-0.25, -0.2) is 9.98 Å². The van der Waals surface area contributed by atoms with Crippen molar-refractivity contribution in [2.45, 2.75) is 32.7 Å². The van der Waals surface area contributed by atoms with Gasteiger partial charge in [-0.15, -0.1) is 11.3 Å². The zero-order valence-electron chi connectivity index (χ0n) is 14.5. The van der Waals surface area contributed by atoms with Gasteiger partial charge in [-0.05, 0) is 25.5 Å². The van der Waals surface area contributed by atoms with Crippen molar-refractivity contribution in [1.29, 1.82) is 0 Å². The number of hydrogen-bond donors (Lipinski definition) is 3. The molecule has 1 aliphatic rings. The van der Waals surface area contributed by atoms with Crippen molar-refractivity contribution in [1.82, 2.24) is 15.6 Å². The molecule has 2 heterocycles. The third-order valence-electron chi connectivity index (χ3n) is 4.01. The third kappa shape index (κ3) is 4.57. The number of aryl methyl sites for hydroxylation is 1. The fraction of sp³-hybridized carbons (Fsp3) is 0.389. The van der Waals surface area contributed by atoms with Crippen LogP contribution in [0.4, 0.5) is 5.69 Å². The van der Waals surface area contributed by atoms with Gasteiger partial charge in [0.25, 0.3) is 0 Å². The molecule has 0 radical (unpaired) electrons. The summed E-state index contributed by atoms with van der Waals surface area (Å²) in [5.41, 5.74) is 2.08. The van der Waals surface area contributed by atoms with Crippen molar-refractivity contribution in [3.63, 3.8) is 0 Å². The molecular weight excluding hydrogens is 334 g/mol. The molecule has 132 valence electrons. The predicted molar refractivity (Wildman–Crippen MR) is 102 cm³/mol. The van der Waals surface area contributed by atoms with Crippen LogP contribution in [0.2, 0.25) is 0 Å². The molecule has 0 aliphatic carbocycles. The van der Waals surface area contributed by atoms with Crippen LogP contribution in [-0.4, -0.2) is 29.9 Å². The number of thiazole rings is 1. The summed E-state index contributed by atoms with van der Waals surface area (Å²) in [5.74, 6) is 0.945. The molecular formula is C18H23N5OS. The summed E-state index contributed by atoms with van der Waals surface area (Å²) in [7, 11) is 0. The van der Waals surface area contributed by atoms with E-state index in [-0.39, 0.29) is 11.8 Å². The topological polar surface area (TPSA) is 78.4 Å². The maximum Gasteiger partial charge on any atom is 0.225 e. The first-order chi connectivity index (χ1) is 12.2. The molecule has 6 nitrogen and oxygen atoms in total. The van der Waals surface area contributed by atoms with Gasteiger partial charge in [0, 0.05) is 42.2 Å². The number of aromatic nitrogens is 1. The molecule has 0 bridgehead atoms. The number of amides is 1. The zero-order chi connectivity index (χ0) is 17.6. The van der Waals surface area contributed by atoms with Gasteiger partial charge in [-0.1, -0.05) is 18.2 Å². The van der Waals surface area contributed by atoms with E-state index in [2.05, 4.69) is 32.0 Å². The highest BCUT2D eigenvalue weighted by molar-refractivity contribution is 7.11. The van der Waals surface area contributed by atoms with Gasteiger partial charge in [0.05, 0.1) is 6.54 Å². The van der Waals surface area contributed by atoms with Crippen LogP contribution in [-0.2, 0) is 11.3 Å². The average Bonchev–Trinajstić information content (AvgIpc) is 3.02. The number of benzene rings is 1. The van der Waals surface area contributed by atoms with E-state index in [4.69, 9.17) is 0 Å². The normalized spacial score (nSPS) is 17.0. The molecule has 1 unspecified atom stereocenters. The largest absolute Gasteiger partial charge is 0.357 e. The molecule has 3 N–H and O–H groups in total. The molecule has 1 atom stereocenters. The molecule has 3 rings (SSSR count). The van der Waals surface area contributed by atoms with Gasteiger partial charge in [0.2, 0.25) is 5.91 Å². The Morgan fingerprint density at radius 1 is 1.40 bits per heavy atom. The van der Waals surface area contributed by atoms with Crippen LogP contribution in [0.1, 0.15) is 34.7 Å². The summed E-state index contributed by atoms with van der Waals surface area (Å²) < 4.78 is 0. The van der Waals surface area contributed by atoms with Gasteiger partial charge in [0.15, 0.2) is 5.96 Å². The highest BCUT2D eigenvalue weighted by Gasteiger charge is 2.24. The third-order valence-corrected chi connectivity index (χ3v) is 4.91. The number of guanidine groups is 1. The van der Waals surface area contributed by atoms with Gasteiger partial charge in [0.1, 0.15) is 5.01 Å². The second-order valence-corrected chi connectivity index (χ2v) is 7.30. The molecule has 7 heteroatoms. The van der Waals surface area contributed by atoms with Crippen molar-refractivity contribution in [2.75, 3.05) is 18.4 Å². The molecule has 0 fully saturated rings. The van der Waals surface area contributed by atoms with Crippen LogP contribution >= 0.6 is 11.3 Å². The van der Waals surface area contributed by atoms with Crippen LogP contribution in [0.25, 0.3) is 0 Å². The predicted octanol–water partition coefficient (Wildman–Crippen LogP) is 2.63. The first-order valence-electron chi connectivity index (χ1n) is 8.48. The summed E-state index contributed by atoms with van der Waals surface area (Å²) in [6, 6.07) is 7.97. The van der Waals surface area contributed by atoms with Crippen LogP contribution in [0.5, 0.6) is 0 Å². The fourth-order valence-corrected chi connectivity index (χ4v) is 3.58. The van der Waals surface area contributed by atoms with Gasteiger partial charge < -0.3 is 16.0 Å². The van der Waals surface area contributed by atoms with Crippen molar-refractivity contribution in [2.24, 2.45) is 4.99 Å². The second kappa shape index (κ2) is 8.11. The lowest BCUT2D eigenvalue weighted by molar-refractivity contribution is -0.116. The molecule has 0 saturated carbocycles. The number of aliphatic imine (C=N–C) groups is 1. The Bertz CT molecular complexity index is 770. The number of nitrogens with zero attached hydrogens (tertiary/aromatic N) is 2. The lowest BCUT2D eigenvalue weighted by Gasteiger charge is -2.26. The first-order valence-corrected chi connectivity index (χ1v) is 9.29. The van der Waals surface area contributed by atoms with Crippen molar-refractivity contribution in [3.05, 3.63) is 45.9 Å². The summed E-state index contributed by atoms with van der Waals surface area (Å²) in [5, 5.41) is 10.5. The number of fused-ring (bicyclic) bond motifs is 1. The lowest BCUT2D eigenvalue weighted by Crippen LogP contribution is -2.40. The monoisotopic (exact) mass is 357 g/mol. The summed E-state index contributed by atoms with van der Waals surface area (Å²) in [6.07, 6.45) is 2.35. The van der Waals surface area contributed by atoms with Gasteiger partial charge in [-0.2, -0.15) is 0 Å². The highest BCUT2D eigenvalue weighted by Crippen LogP contribution is 2.31. The summed E-state index contributed by atoms with van der Waals surface area (Å²) in [4.78, 5) is 22.1. The van der Waals surface area contributed by atoms with Crippen LogP contribution in [0.15, 0.2) is 35.5 Å². The summed E-state index contributed by atoms with van der Waals surface area (Å²) in [6.45, 7) is 6.07. The number of carbonyl (C=O) groups is 1. The lowest BCUT2D eigenvalue weighted by atomic mass is 9.90. The average molecular weight is 357 g/mol. The molecule has 25 heavy (non-hydrogen) atoms. The number of anilines is 1. The quantitative estimate of drug-likeness (QED) is 0.568. The van der Waals surface area contributed by atoms with Gasteiger partial charge in [-0.3, -0.25) is 4.79 Å². The van der Waals surface area contributed by atoms with E-state index in [1.807, 2.05) is 38.2 Å². The Morgan fingerprint density at radius 3 is 3.00 bits per heavy atom. The first kappa shape index (κ1) is 17.4. The van der Waals surface area contributed by atoms with Crippen molar-refractivity contribution < 1.29 is 4.79 Å². The van der Waals surface area contributed by atoms with Gasteiger partial charge >= 0.3 is 0 Å². The smallest absolute Gasteiger partial charge is 0.225 e. The Labute approximate surface area is 151 Å². The van der Waals surface area contributed by atoms with E-state index in [1.54, 1.807) is 11.3 Å². The van der Waals surface area contributed by atoms with E-state index in [9.17, 15) is 4.79 Å².